The van der Waals surface area contributed by atoms with Crippen LogP contribution in [-0.4, -0.2) is 15.7 Å². The first kappa shape index (κ1) is 9.54. The number of nitrogens with zero attached hydrogens (tertiary/aromatic N) is 2. The Morgan fingerprint density at radius 2 is 2.19 bits per heavy atom. The maximum Gasteiger partial charge on any atom is 0.152 e. The number of aldehydes is 1. The fraction of sp³-hybridized carbons (Fsp3) is 0. The molecule has 3 nitrogen and oxygen atoms in total. The van der Waals surface area contributed by atoms with E-state index in [1.165, 1.54) is 0 Å². The fourth-order valence-corrected chi connectivity index (χ4v) is 2.25. The van der Waals surface area contributed by atoms with Crippen molar-refractivity contribution in [2.24, 2.45) is 0 Å². The van der Waals surface area contributed by atoms with Gasteiger partial charge in [0.25, 0.3) is 0 Å². The molecule has 78 valence electrons. The zero-order chi connectivity index (χ0) is 11.1. The molecule has 0 aliphatic rings. The molecule has 0 aliphatic heterocycles. The van der Waals surface area contributed by atoms with Gasteiger partial charge in [-0.1, -0.05) is 15.9 Å². The van der Waals surface area contributed by atoms with Gasteiger partial charge in [0, 0.05) is 34.0 Å². The largest absolute Gasteiger partial charge is 0.306 e. The van der Waals surface area contributed by atoms with Crippen LogP contribution < -0.4 is 0 Å². The topological polar surface area (TPSA) is 34.4 Å². The van der Waals surface area contributed by atoms with Crippen molar-refractivity contribution in [3.8, 4) is 0 Å². The molecule has 3 aromatic rings. The highest BCUT2D eigenvalue weighted by Crippen LogP contribution is 2.25. The number of benzene rings is 1. The third-order valence-electron chi connectivity index (χ3n) is 2.61. The first-order valence-corrected chi connectivity index (χ1v) is 5.59. The molecule has 0 bridgehead atoms. The van der Waals surface area contributed by atoms with Gasteiger partial charge in [-0.15, -0.1) is 0 Å². The molecule has 0 radical (unpaired) electrons. The number of hydrogen-bond acceptors (Lipinski definition) is 2. The molecule has 1 aromatic carbocycles. The Balaban J connectivity index is 2.60. The maximum absolute atomic E-state index is 11.0. The van der Waals surface area contributed by atoms with Crippen LogP contribution >= 0.6 is 15.9 Å². The molecule has 0 amide bonds. The summed E-state index contributed by atoms with van der Waals surface area (Å²) in [5.74, 6) is 0. The van der Waals surface area contributed by atoms with E-state index in [4.69, 9.17) is 0 Å². The number of fused-ring (bicyclic) bond motifs is 3. The summed E-state index contributed by atoms with van der Waals surface area (Å²) in [5, 5.41) is 1.90. The molecular formula is C12H7BrN2O. The summed E-state index contributed by atoms with van der Waals surface area (Å²) in [7, 11) is 0. The first-order valence-electron chi connectivity index (χ1n) is 4.80. The highest BCUT2D eigenvalue weighted by molar-refractivity contribution is 9.10. The lowest BCUT2D eigenvalue weighted by Gasteiger charge is -2.04. The number of carbonyl (C=O) groups excluding carboxylic acids is 1. The number of pyridine rings is 1. The van der Waals surface area contributed by atoms with E-state index >= 15 is 0 Å². The average Bonchev–Trinajstić information content (AvgIpc) is 2.75. The van der Waals surface area contributed by atoms with Crippen LogP contribution in [-0.2, 0) is 0 Å². The van der Waals surface area contributed by atoms with Gasteiger partial charge >= 0.3 is 0 Å². The Morgan fingerprint density at radius 1 is 1.31 bits per heavy atom. The van der Waals surface area contributed by atoms with Gasteiger partial charge in [-0.2, -0.15) is 0 Å². The van der Waals surface area contributed by atoms with Gasteiger partial charge in [0.2, 0.25) is 0 Å². The van der Waals surface area contributed by atoms with Gasteiger partial charge in [0.15, 0.2) is 6.29 Å². The Morgan fingerprint density at radius 3 is 3.00 bits per heavy atom. The average molecular weight is 275 g/mol. The predicted octanol–water partition coefficient (Wildman–Crippen LogP) is 3.06. The van der Waals surface area contributed by atoms with E-state index in [9.17, 15) is 4.79 Å². The second-order valence-electron chi connectivity index (χ2n) is 3.55. The van der Waals surface area contributed by atoms with Crippen molar-refractivity contribution in [1.29, 1.82) is 0 Å². The Bertz CT molecular complexity index is 703. The minimum atomic E-state index is 0.668. The second-order valence-corrected chi connectivity index (χ2v) is 4.47. The van der Waals surface area contributed by atoms with Crippen LogP contribution in [0.15, 0.2) is 41.3 Å². The van der Waals surface area contributed by atoms with Crippen LogP contribution in [0, 0.1) is 0 Å². The molecule has 0 spiro atoms. The second kappa shape index (κ2) is 3.42. The molecule has 0 N–H and O–H groups in total. The molecule has 3 rings (SSSR count). The minimum absolute atomic E-state index is 0.668. The first-order chi connectivity index (χ1) is 7.79. The molecule has 2 aromatic heterocycles. The molecule has 0 atom stereocenters. The quantitative estimate of drug-likeness (QED) is 0.640. The van der Waals surface area contributed by atoms with Crippen LogP contribution in [0.1, 0.15) is 10.4 Å². The van der Waals surface area contributed by atoms with Gasteiger partial charge in [-0.3, -0.25) is 4.79 Å². The van der Waals surface area contributed by atoms with E-state index in [-0.39, 0.29) is 0 Å². The Hall–Kier alpha value is -1.68. The lowest BCUT2D eigenvalue weighted by atomic mass is 10.1. The summed E-state index contributed by atoms with van der Waals surface area (Å²) >= 11 is 3.41. The van der Waals surface area contributed by atoms with E-state index in [2.05, 4.69) is 20.9 Å². The number of halogens is 1. The van der Waals surface area contributed by atoms with Gasteiger partial charge in [-0.25, -0.2) is 4.98 Å². The molecular weight excluding hydrogens is 268 g/mol. The van der Waals surface area contributed by atoms with Crippen molar-refractivity contribution in [3.05, 3.63) is 46.8 Å². The highest BCUT2D eigenvalue weighted by atomic mass is 79.9. The molecule has 4 heteroatoms. The Labute approximate surface area is 99.8 Å². The monoisotopic (exact) mass is 274 g/mol. The van der Waals surface area contributed by atoms with E-state index in [1.807, 2.05) is 28.8 Å². The number of hydrogen-bond donors (Lipinski definition) is 0. The standard InChI is InChI=1S/C12H7BrN2O/c13-9-1-2-10-11(5-9)8(7-16)6-15-4-3-14-12(10)15/h1-7H. The number of imidazole rings is 1. The zero-order valence-corrected chi connectivity index (χ0v) is 9.81. The summed E-state index contributed by atoms with van der Waals surface area (Å²) in [6.07, 6.45) is 6.23. The van der Waals surface area contributed by atoms with Crippen LogP contribution in [0.25, 0.3) is 16.4 Å². The number of rotatable bonds is 1. The van der Waals surface area contributed by atoms with Gasteiger partial charge in [0.05, 0.1) is 0 Å². The molecule has 0 fully saturated rings. The van der Waals surface area contributed by atoms with Gasteiger partial charge < -0.3 is 4.40 Å². The van der Waals surface area contributed by atoms with Crippen molar-refractivity contribution in [1.82, 2.24) is 9.38 Å². The summed E-state index contributed by atoms with van der Waals surface area (Å²) in [6, 6.07) is 5.86. The lowest BCUT2D eigenvalue weighted by molar-refractivity contribution is 0.112. The third kappa shape index (κ3) is 1.27. The molecule has 0 unspecified atom stereocenters. The third-order valence-corrected chi connectivity index (χ3v) is 3.10. The normalized spacial score (nSPS) is 11.1. The van der Waals surface area contributed by atoms with Crippen molar-refractivity contribution < 1.29 is 4.79 Å². The van der Waals surface area contributed by atoms with E-state index in [0.717, 1.165) is 27.2 Å². The summed E-state index contributed by atoms with van der Waals surface area (Å²) in [4.78, 5) is 15.3. The summed E-state index contributed by atoms with van der Waals surface area (Å²) < 4.78 is 2.82. The molecule has 2 heterocycles. The molecule has 16 heavy (non-hydrogen) atoms. The smallest absolute Gasteiger partial charge is 0.152 e. The molecule has 0 saturated heterocycles. The Kier molecular flexibility index (Phi) is 2.04. The summed E-state index contributed by atoms with van der Waals surface area (Å²) in [5.41, 5.74) is 1.54. The van der Waals surface area contributed by atoms with Crippen LogP contribution in [0.3, 0.4) is 0 Å². The van der Waals surface area contributed by atoms with E-state index in [1.54, 1.807) is 12.4 Å². The SMILES string of the molecule is O=Cc1cn2ccnc2c2ccc(Br)cc12. The number of aromatic nitrogens is 2. The molecule has 0 aliphatic carbocycles. The van der Waals surface area contributed by atoms with Crippen molar-refractivity contribution >= 4 is 38.6 Å². The van der Waals surface area contributed by atoms with E-state index < -0.39 is 0 Å². The predicted molar refractivity (Wildman–Crippen MR) is 65.8 cm³/mol. The minimum Gasteiger partial charge on any atom is -0.306 e. The summed E-state index contributed by atoms with van der Waals surface area (Å²) in [6.45, 7) is 0. The fourth-order valence-electron chi connectivity index (χ4n) is 1.89. The maximum atomic E-state index is 11.0. The van der Waals surface area contributed by atoms with Gasteiger partial charge in [0.1, 0.15) is 5.65 Å². The lowest BCUT2D eigenvalue weighted by Crippen LogP contribution is -1.91. The zero-order valence-electron chi connectivity index (χ0n) is 8.22. The highest BCUT2D eigenvalue weighted by Gasteiger charge is 2.07. The number of carbonyl (C=O) groups is 1. The van der Waals surface area contributed by atoms with E-state index in [0.29, 0.717) is 5.56 Å². The van der Waals surface area contributed by atoms with Crippen LogP contribution in [0.5, 0.6) is 0 Å². The van der Waals surface area contributed by atoms with Gasteiger partial charge in [-0.05, 0) is 23.6 Å². The molecule has 0 saturated carbocycles. The van der Waals surface area contributed by atoms with Crippen molar-refractivity contribution in [2.45, 2.75) is 0 Å². The van der Waals surface area contributed by atoms with Crippen LogP contribution in [0.2, 0.25) is 0 Å². The van der Waals surface area contributed by atoms with Crippen molar-refractivity contribution in [2.75, 3.05) is 0 Å². The van der Waals surface area contributed by atoms with Crippen LogP contribution in [0.4, 0.5) is 0 Å². The van der Waals surface area contributed by atoms with Crippen molar-refractivity contribution in [3.63, 3.8) is 0 Å².